The molecule has 0 fully saturated rings. The van der Waals surface area contributed by atoms with Crippen molar-refractivity contribution in [2.24, 2.45) is 0 Å². The Labute approximate surface area is 76.0 Å². The van der Waals surface area contributed by atoms with Crippen LogP contribution < -0.4 is 0 Å². The monoisotopic (exact) mass is 178 g/mol. The van der Waals surface area contributed by atoms with E-state index in [2.05, 4.69) is 9.97 Å². The van der Waals surface area contributed by atoms with Crippen LogP contribution in [0.1, 0.15) is 22.8 Å². The molecule has 1 aromatic heterocycles. The van der Waals surface area contributed by atoms with Gasteiger partial charge in [-0.15, -0.1) is 0 Å². The van der Waals surface area contributed by atoms with Gasteiger partial charge in [-0.3, -0.25) is 4.79 Å². The number of carbonyl (C=O) groups is 1. The first-order valence-electron chi connectivity index (χ1n) is 4.15. The number of esters is 1. The summed E-state index contributed by atoms with van der Waals surface area (Å²) < 4.78 is 4.91. The van der Waals surface area contributed by atoms with E-state index in [1.54, 1.807) is 0 Å². The molecule has 0 aromatic carbocycles. The molecular formula is C9H10N2O2. The molecule has 4 heteroatoms. The van der Waals surface area contributed by atoms with Gasteiger partial charge in [0.05, 0.1) is 12.1 Å². The molecule has 13 heavy (non-hydrogen) atoms. The lowest BCUT2D eigenvalue weighted by Crippen LogP contribution is -2.20. The molecule has 2 heterocycles. The van der Waals surface area contributed by atoms with Crippen LogP contribution in [-0.4, -0.2) is 15.9 Å². The van der Waals surface area contributed by atoms with E-state index in [0.29, 0.717) is 12.4 Å². The van der Waals surface area contributed by atoms with E-state index in [0.717, 1.165) is 17.0 Å². The van der Waals surface area contributed by atoms with Gasteiger partial charge in [-0.2, -0.15) is 0 Å². The molecule has 68 valence electrons. The van der Waals surface area contributed by atoms with Crippen LogP contribution in [-0.2, 0) is 22.6 Å². The van der Waals surface area contributed by atoms with Gasteiger partial charge in [0.2, 0.25) is 0 Å². The average molecular weight is 178 g/mol. The van der Waals surface area contributed by atoms with Crippen molar-refractivity contribution in [3.05, 3.63) is 22.8 Å². The summed E-state index contributed by atoms with van der Waals surface area (Å²) >= 11 is 0. The first kappa shape index (κ1) is 8.16. The Hall–Kier alpha value is -1.45. The van der Waals surface area contributed by atoms with Crippen molar-refractivity contribution in [2.75, 3.05) is 0 Å². The summed E-state index contributed by atoms with van der Waals surface area (Å²) in [5.74, 6) is 0.510. The highest BCUT2D eigenvalue weighted by Crippen LogP contribution is 2.17. The second-order valence-electron chi connectivity index (χ2n) is 3.12. The van der Waals surface area contributed by atoms with Gasteiger partial charge in [0.15, 0.2) is 0 Å². The van der Waals surface area contributed by atoms with Crippen LogP contribution in [0.25, 0.3) is 0 Å². The number of fused-ring (bicyclic) bond motifs is 1. The quantitative estimate of drug-likeness (QED) is 0.548. The van der Waals surface area contributed by atoms with E-state index in [4.69, 9.17) is 4.74 Å². The highest BCUT2D eigenvalue weighted by atomic mass is 16.5. The van der Waals surface area contributed by atoms with E-state index >= 15 is 0 Å². The van der Waals surface area contributed by atoms with Crippen molar-refractivity contribution in [2.45, 2.75) is 26.9 Å². The molecule has 0 spiro atoms. The average Bonchev–Trinajstić information content (AvgIpc) is 2.02. The zero-order valence-corrected chi connectivity index (χ0v) is 7.63. The number of cyclic esters (lactones) is 1. The van der Waals surface area contributed by atoms with Gasteiger partial charge in [0, 0.05) is 11.3 Å². The van der Waals surface area contributed by atoms with Crippen LogP contribution in [0.5, 0.6) is 0 Å². The van der Waals surface area contributed by atoms with Crippen LogP contribution >= 0.6 is 0 Å². The summed E-state index contributed by atoms with van der Waals surface area (Å²) in [6.45, 7) is 4.06. The maximum atomic E-state index is 11.0. The number of hydrogen-bond donors (Lipinski definition) is 0. The molecule has 0 aliphatic carbocycles. The summed E-state index contributed by atoms with van der Waals surface area (Å²) in [4.78, 5) is 19.4. The molecular weight excluding hydrogens is 168 g/mol. The Morgan fingerprint density at radius 2 is 2.08 bits per heavy atom. The number of aromatic nitrogens is 2. The van der Waals surface area contributed by atoms with E-state index < -0.39 is 0 Å². The smallest absolute Gasteiger partial charge is 0.312 e. The summed E-state index contributed by atoms with van der Waals surface area (Å²) in [5, 5.41) is 0. The third-order valence-electron chi connectivity index (χ3n) is 2.10. The van der Waals surface area contributed by atoms with Crippen LogP contribution in [0, 0.1) is 13.8 Å². The van der Waals surface area contributed by atoms with E-state index in [1.165, 1.54) is 0 Å². The third kappa shape index (κ3) is 1.39. The fourth-order valence-electron chi connectivity index (χ4n) is 1.48. The van der Waals surface area contributed by atoms with Crippen LogP contribution in [0.3, 0.4) is 0 Å². The maximum absolute atomic E-state index is 11.0. The second-order valence-corrected chi connectivity index (χ2v) is 3.12. The Balaban J connectivity index is 2.53. The summed E-state index contributed by atoms with van der Waals surface area (Å²) in [5.41, 5.74) is 2.70. The Morgan fingerprint density at radius 1 is 1.31 bits per heavy atom. The molecule has 0 amide bonds. The zero-order valence-electron chi connectivity index (χ0n) is 7.63. The van der Waals surface area contributed by atoms with Crippen LogP contribution in [0.2, 0.25) is 0 Å². The Morgan fingerprint density at radius 3 is 2.85 bits per heavy atom. The fraction of sp³-hybridized carbons (Fsp3) is 0.444. The van der Waals surface area contributed by atoms with E-state index in [1.807, 2.05) is 13.8 Å². The molecule has 0 N–H and O–H groups in total. The van der Waals surface area contributed by atoms with E-state index in [-0.39, 0.29) is 12.4 Å². The molecule has 1 aromatic rings. The van der Waals surface area contributed by atoms with Crippen LogP contribution in [0.15, 0.2) is 0 Å². The number of nitrogens with zero attached hydrogens (tertiary/aromatic N) is 2. The highest BCUT2D eigenvalue weighted by Gasteiger charge is 2.20. The number of ether oxygens (including phenoxy) is 1. The summed E-state index contributed by atoms with van der Waals surface area (Å²) in [6.07, 6.45) is 0.277. The van der Waals surface area contributed by atoms with Gasteiger partial charge in [-0.25, -0.2) is 9.97 Å². The molecule has 0 saturated carbocycles. The summed E-state index contributed by atoms with van der Waals surface area (Å²) in [7, 11) is 0. The summed E-state index contributed by atoms with van der Waals surface area (Å²) in [6, 6.07) is 0. The first-order valence-corrected chi connectivity index (χ1v) is 4.15. The minimum absolute atomic E-state index is 0.204. The number of aryl methyl sites for hydroxylation is 2. The highest BCUT2D eigenvalue weighted by molar-refractivity contribution is 5.74. The standard InChI is InChI=1S/C9H10N2O2/c1-5-7-4-13-9(12)3-8(7)11-6(2)10-5/h3-4H2,1-2H3. The van der Waals surface area contributed by atoms with E-state index in [9.17, 15) is 4.79 Å². The van der Waals surface area contributed by atoms with Gasteiger partial charge in [0.1, 0.15) is 12.4 Å². The molecule has 0 atom stereocenters. The molecule has 0 radical (unpaired) electrons. The largest absolute Gasteiger partial charge is 0.460 e. The van der Waals surface area contributed by atoms with Crippen molar-refractivity contribution in [1.82, 2.24) is 9.97 Å². The minimum atomic E-state index is -0.204. The molecule has 4 nitrogen and oxygen atoms in total. The molecule has 1 aliphatic rings. The minimum Gasteiger partial charge on any atom is -0.460 e. The maximum Gasteiger partial charge on any atom is 0.312 e. The SMILES string of the molecule is Cc1nc(C)c2c(n1)CC(=O)OC2. The lowest BCUT2D eigenvalue weighted by molar-refractivity contribution is -0.145. The molecule has 1 aliphatic heterocycles. The van der Waals surface area contributed by atoms with Gasteiger partial charge in [-0.1, -0.05) is 0 Å². The van der Waals surface area contributed by atoms with Crippen LogP contribution in [0.4, 0.5) is 0 Å². The van der Waals surface area contributed by atoms with Crippen molar-refractivity contribution >= 4 is 5.97 Å². The molecule has 0 saturated heterocycles. The predicted molar refractivity (Wildman–Crippen MR) is 45.0 cm³/mol. The molecule has 0 unspecified atom stereocenters. The third-order valence-corrected chi connectivity index (χ3v) is 2.10. The Bertz CT molecular complexity index is 374. The topological polar surface area (TPSA) is 52.1 Å². The number of hydrogen-bond acceptors (Lipinski definition) is 4. The van der Waals surface area contributed by atoms with Gasteiger partial charge < -0.3 is 4.74 Å². The van der Waals surface area contributed by atoms with Gasteiger partial charge >= 0.3 is 5.97 Å². The normalized spacial score (nSPS) is 15.1. The van der Waals surface area contributed by atoms with Gasteiger partial charge in [0.25, 0.3) is 0 Å². The Kier molecular flexibility index (Phi) is 1.76. The zero-order chi connectivity index (χ0) is 9.42. The number of rotatable bonds is 0. The van der Waals surface area contributed by atoms with Crippen molar-refractivity contribution < 1.29 is 9.53 Å². The van der Waals surface area contributed by atoms with Crippen molar-refractivity contribution in [1.29, 1.82) is 0 Å². The first-order chi connectivity index (χ1) is 6.16. The lowest BCUT2D eigenvalue weighted by atomic mass is 10.1. The second kappa shape index (κ2) is 2.80. The predicted octanol–water partition coefficient (Wildman–Crippen LogP) is 0.693. The fourth-order valence-corrected chi connectivity index (χ4v) is 1.48. The lowest BCUT2D eigenvalue weighted by Gasteiger charge is -2.16. The van der Waals surface area contributed by atoms with Gasteiger partial charge in [-0.05, 0) is 13.8 Å². The molecule has 0 bridgehead atoms. The number of carbonyl (C=O) groups excluding carboxylic acids is 1. The molecule has 2 rings (SSSR count). The van der Waals surface area contributed by atoms with Crippen molar-refractivity contribution in [3.63, 3.8) is 0 Å². The van der Waals surface area contributed by atoms with Crippen molar-refractivity contribution in [3.8, 4) is 0 Å².